The largest absolute Gasteiger partial charge is 0.347 e. The molecule has 2 unspecified atom stereocenters. The van der Waals surface area contributed by atoms with Crippen LogP contribution in [0.25, 0.3) is 0 Å². The number of rotatable bonds is 4. The fourth-order valence-corrected chi connectivity index (χ4v) is 2.35. The second-order valence-electron chi connectivity index (χ2n) is 4.51. The van der Waals surface area contributed by atoms with Gasteiger partial charge in [-0.1, -0.05) is 29.3 Å². The van der Waals surface area contributed by atoms with Gasteiger partial charge in [-0.3, -0.25) is 10.1 Å². The number of nitrogens with one attached hydrogen (secondary N) is 1. The molecule has 0 aromatic heterocycles. The molecule has 0 saturated carbocycles. The Morgan fingerprint density at radius 3 is 2.39 bits per heavy atom. The highest BCUT2D eigenvalue weighted by molar-refractivity contribution is 6.35. The Labute approximate surface area is 118 Å². The number of hydrogen-bond acceptors (Lipinski definition) is 2. The molecule has 5 heteroatoms. The Balaban J connectivity index is 2.76. The van der Waals surface area contributed by atoms with Crippen molar-refractivity contribution in [2.45, 2.75) is 25.9 Å². The predicted molar refractivity (Wildman–Crippen MR) is 76.2 cm³/mol. The third-order valence-corrected chi connectivity index (χ3v) is 3.30. The van der Waals surface area contributed by atoms with Gasteiger partial charge in [-0.25, -0.2) is 0 Å². The lowest BCUT2D eigenvalue weighted by atomic mass is 10.1. The lowest BCUT2D eigenvalue weighted by Crippen LogP contribution is -2.42. The zero-order chi connectivity index (χ0) is 13.9. The zero-order valence-electron chi connectivity index (χ0n) is 11.0. The molecule has 100 valence electrons. The molecular weight excluding hydrogens is 271 g/mol. The topological polar surface area (TPSA) is 32.3 Å². The molecule has 18 heavy (non-hydrogen) atoms. The maximum Gasteiger partial charge on any atom is 0.238 e. The van der Waals surface area contributed by atoms with Gasteiger partial charge in [-0.05, 0) is 31.5 Å². The normalized spacial score (nSPS) is 14.1. The number of carbonyl (C=O) groups excluding carboxylic acids is 1. The van der Waals surface area contributed by atoms with Gasteiger partial charge >= 0.3 is 0 Å². The van der Waals surface area contributed by atoms with E-state index in [1.807, 2.05) is 19.9 Å². The summed E-state index contributed by atoms with van der Waals surface area (Å²) in [5, 5.41) is 4.43. The number of hydrogen-bond donors (Lipinski definition) is 1. The quantitative estimate of drug-likeness (QED) is 0.923. The van der Waals surface area contributed by atoms with Gasteiger partial charge in [0.25, 0.3) is 0 Å². The van der Waals surface area contributed by atoms with Gasteiger partial charge in [0.15, 0.2) is 0 Å². The van der Waals surface area contributed by atoms with Gasteiger partial charge in [0.2, 0.25) is 5.91 Å². The Morgan fingerprint density at radius 1 is 1.28 bits per heavy atom. The molecule has 0 aliphatic rings. The van der Waals surface area contributed by atoms with Crippen LogP contribution in [0, 0.1) is 0 Å². The van der Waals surface area contributed by atoms with Crippen molar-refractivity contribution in [3.63, 3.8) is 0 Å². The van der Waals surface area contributed by atoms with E-state index in [2.05, 4.69) is 5.32 Å². The van der Waals surface area contributed by atoms with Crippen molar-refractivity contribution in [2.75, 3.05) is 14.1 Å². The maximum atomic E-state index is 11.8. The summed E-state index contributed by atoms with van der Waals surface area (Å²) in [4.78, 5) is 13.3. The van der Waals surface area contributed by atoms with Crippen LogP contribution >= 0.6 is 23.2 Å². The van der Waals surface area contributed by atoms with E-state index in [1.165, 1.54) is 0 Å². The van der Waals surface area contributed by atoms with Gasteiger partial charge < -0.3 is 4.90 Å². The van der Waals surface area contributed by atoms with E-state index < -0.39 is 0 Å². The molecule has 1 aromatic rings. The van der Waals surface area contributed by atoms with Crippen molar-refractivity contribution >= 4 is 29.1 Å². The minimum Gasteiger partial charge on any atom is -0.347 e. The molecule has 1 amide bonds. The Hall–Kier alpha value is -0.770. The van der Waals surface area contributed by atoms with Gasteiger partial charge in [0.1, 0.15) is 0 Å². The molecule has 3 nitrogen and oxygen atoms in total. The number of carbonyl (C=O) groups is 1. The van der Waals surface area contributed by atoms with Crippen molar-refractivity contribution in [1.82, 2.24) is 10.2 Å². The number of likely N-dealkylation sites (N-methyl/N-ethyl adjacent to an activating group) is 1. The first-order valence-corrected chi connectivity index (χ1v) is 6.50. The highest BCUT2D eigenvalue weighted by Gasteiger charge is 2.18. The van der Waals surface area contributed by atoms with Crippen LogP contribution in [-0.2, 0) is 4.79 Å². The third-order valence-electron chi connectivity index (χ3n) is 2.74. The first-order chi connectivity index (χ1) is 8.32. The highest BCUT2D eigenvalue weighted by Crippen LogP contribution is 2.26. The minimum atomic E-state index is -0.262. The van der Waals surface area contributed by atoms with Crippen molar-refractivity contribution in [3.8, 4) is 0 Å². The summed E-state index contributed by atoms with van der Waals surface area (Å²) in [5.41, 5.74) is 0.930. The standard InChI is InChI=1S/C13H18Cl2N2O/c1-8(16-9(2)13(18)17(3)4)11-6-5-10(14)7-12(11)15/h5-9,16H,1-4H3. The van der Waals surface area contributed by atoms with Crippen LogP contribution in [0.5, 0.6) is 0 Å². The second kappa shape index (κ2) is 6.41. The maximum absolute atomic E-state index is 11.8. The van der Waals surface area contributed by atoms with Crippen LogP contribution < -0.4 is 5.32 Å². The molecule has 0 aliphatic carbocycles. The smallest absolute Gasteiger partial charge is 0.238 e. The molecule has 2 atom stereocenters. The van der Waals surface area contributed by atoms with E-state index in [4.69, 9.17) is 23.2 Å². The monoisotopic (exact) mass is 288 g/mol. The fraction of sp³-hybridized carbons (Fsp3) is 0.462. The summed E-state index contributed by atoms with van der Waals surface area (Å²) >= 11 is 12.0. The summed E-state index contributed by atoms with van der Waals surface area (Å²) in [5.74, 6) is 0.0342. The van der Waals surface area contributed by atoms with E-state index in [1.54, 1.807) is 31.1 Å². The molecular formula is C13H18Cl2N2O. The fourth-order valence-electron chi connectivity index (χ4n) is 1.78. The first kappa shape index (κ1) is 15.3. The molecule has 1 N–H and O–H groups in total. The second-order valence-corrected chi connectivity index (χ2v) is 5.35. The van der Waals surface area contributed by atoms with E-state index in [-0.39, 0.29) is 18.0 Å². The van der Waals surface area contributed by atoms with Crippen LogP contribution in [-0.4, -0.2) is 30.9 Å². The number of benzene rings is 1. The van der Waals surface area contributed by atoms with E-state index in [0.29, 0.717) is 10.0 Å². The summed E-state index contributed by atoms with van der Waals surface area (Å²) in [6, 6.07) is 5.08. The molecule has 1 rings (SSSR count). The van der Waals surface area contributed by atoms with E-state index in [0.717, 1.165) is 5.56 Å². The van der Waals surface area contributed by atoms with E-state index in [9.17, 15) is 4.79 Å². The minimum absolute atomic E-state index is 0.0198. The summed E-state index contributed by atoms with van der Waals surface area (Å²) < 4.78 is 0. The molecule has 0 radical (unpaired) electrons. The lowest BCUT2D eigenvalue weighted by Gasteiger charge is -2.23. The van der Waals surface area contributed by atoms with Crippen molar-refractivity contribution in [3.05, 3.63) is 33.8 Å². The summed E-state index contributed by atoms with van der Waals surface area (Å²) in [7, 11) is 3.47. The average Bonchev–Trinajstić information content (AvgIpc) is 2.27. The molecule has 0 heterocycles. The average molecular weight is 289 g/mol. The van der Waals surface area contributed by atoms with Gasteiger partial charge in [0, 0.05) is 30.2 Å². The molecule has 0 aliphatic heterocycles. The van der Waals surface area contributed by atoms with Gasteiger partial charge in [-0.2, -0.15) is 0 Å². The lowest BCUT2D eigenvalue weighted by molar-refractivity contribution is -0.130. The van der Waals surface area contributed by atoms with Crippen LogP contribution in [0.1, 0.15) is 25.5 Å². The predicted octanol–water partition coefficient (Wildman–Crippen LogP) is 3.12. The van der Waals surface area contributed by atoms with Crippen LogP contribution in [0.3, 0.4) is 0 Å². The van der Waals surface area contributed by atoms with Crippen molar-refractivity contribution in [2.24, 2.45) is 0 Å². The Bertz CT molecular complexity index is 435. The number of halogens is 2. The van der Waals surface area contributed by atoms with Crippen LogP contribution in [0.2, 0.25) is 10.0 Å². The van der Waals surface area contributed by atoms with Gasteiger partial charge in [0.05, 0.1) is 6.04 Å². The van der Waals surface area contributed by atoms with Crippen LogP contribution in [0.4, 0.5) is 0 Å². The van der Waals surface area contributed by atoms with Gasteiger partial charge in [-0.15, -0.1) is 0 Å². The molecule has 0 bridgehead atoms. The highest BCUT2D eigenvalue weighted by atomic mass is 35.5. The summed E-state index contributed by atoms with van der Waals surface area (Å²) in [6.45, 7) is 3.80. The third kappa shape index (κ3) is 3.87. The molecule has 0 fully saturated rings. The number of amides is 1. The number of nitrogens with zero attached hydrogens (tertiary/aromatic N) is 1. The summed E-state index contributed by atoms with van der Waals surface area (Å²) in [6.07, 6.45) is 0. The Kier molecular flexibility index (Phi) is 5.45. The van der Waals surface area contributed by atoms with E-state index >= 15 is 0 Å². The molecule has 1 aromatic carbocycles. The SMILES string of the molecule is CC(NC(C)c1ccc(Cl)cc1Cl)C(=O)N(C)C. The molecule has 0 spiro atoms. The van der Waals surface area contributed by atoms with Crippen molar-refractivity contribution < 1.29 is 4.79 Å². The Morgan fingerprint density at radius 2 is 1.89 bits per heavy atom. The van der Waals surface area contributed by atoms with Crippen molar-refractivity contribution in [1.29, 1.82) is 0 Å². The first-order valence-electron chi connectivity index (χ1n) is 5.75. The zero-order valence-corrected chi connectivity index (χ0v) is 12.5. The van der Waals surface area contributed by atoms with Crippen LogP contribution in [0.15, 0.2) is 18.2 Å². The molecule has 0 saturated heterocycles.